The summed E-state index contributed by atoms with van der Waals surface area (Å²) in [6.07, 6.45) is 0. The molecule has 0 saturated heterocycles. The number of ketones is 1. The number of hydrogen-bond acceptors (Lipinski definition) is 2. The van der Waals surface area contributed by atoms with E-state index in [-0.39, 0.29) is 5.78 Å². The Morgan fingerprint density at radius 2 is 1.71 bits per heavy atom. The van der Waals surface area contributed by atoms with Crippen molar-refractivity contribution in [2.75, 3.05) is 0 Å². The van der Waals surface area contributed by atoms with Crippen molar-refractivity contribution in [3.05, 3.63) is 64.2 Å². The van der Waals surface area contributed by atoms with Crippen LogP contribution in [0.5, 0.6) is 0 Å². The lowest BCUT2D eigenvalue weighted by atomic mass is 9.89. The maximum Gasteiger partial charge on any atom is 0.159 e. The number of hydrogen-bond donors (Lipinski definition) is 0. The zero-order valence-corrected chi connectivity index (χ0v) is 14.0. The molecule has 0 bridgehead atoms. The van der Waals surface area contributed by atoms with Crippen LogP contribution < -0.4 is 0 Å². The Hall–Kier alpha value is -2.80. The van der Waals surface area contributed by atoms with E-state index >= 15 is 0 Å². The summed E-state index contributed by atoms with van der Waals surface area (Å²) in [6.45, 7) is 6.87. The Kier molecular flexibility index (Phi) is 4.94. The molecule has 0 aliphatic rings. The third-order valence-corrected chi connectivity index (χ3v) is 4.26. The Labute approximate surface area is 140 Å². The van der Waals surface area contributed by atoms with Gasteiger partial charge in [-0.2, -0.15) is 5.26 Å². The van der Waals surface area contributed by atoms with Crippen LogP contribution in [-0.2, 0) is 4.79 Å². The summed E-state index contributed by atoms with van der Waals surface area (Å²) in [5, 5.41) is 9.29. The molecule has 2 nitrogen and oxygen atoms in total. The van der Waals surface area contributed by atoms with Gasteiger partial charge in [-0.3, -0.25) is 4.79 Å². The Morgan fingerprint density at radius 3 is 2.25 bits per heavy atom. The third kappa shape index (κ3) is 3.26. The van der Waals surface area contributed by atoms with Crippen LogP contribution in [0.4, 0.5) is 8.78 Å². The predicted octanol–water partition coefficient (Wildman–Crippen LogP) is 5.19. The molecule has 0 amide bonds. The maximum absolute atomic E-state index is 13.6. The fourth-order valence-corrected chi connectivity index (χ4v) is 2.60. The van der Waals surface area contributed by atoms with Gasteiger partial charge >= 0.3 is 0 Å². The normalized spacial score (nSPS) is 11.7. The summed E-state index contributed by atoms with van der Waals surface area (Å²) in [6, 6.07) is 9.08. The molecule has 2 rings (SSSR count). The van der Waals surface area contributed by atoms with Crippen LogP contribution in [0.15, 0.2) is 35.9 Å². The molecule has 0 aliphatic carbocycles. The van der Waals surface area contributed by atoms with Crippen molar-refractivity contribution in [3.8, 4) is 17.2 Å². The molecule has 0 atom stereocenters. The molecule has 4 heteroatoms. The first kappa shape index (κ1) is 17.6. The standard InChI is InChI=1S/C20H17F2NO/c1-11(14(4)24)12(2)17-7-15(10-23)8-18(13(17)3)16-5-6-19(21)20(22)9-16/h5-9H,1-4H3/b12-11+. The van der Waals surface area contributed by atoms with E-state index in [1.807, 2.05) is 13.8 Å². The summed E-state index contributed by atoms with van der Waals surface area (Å²) in [5.74, 6) is -1.91. The summed E-state index contributed by atoms with van der Waals surface area (Å²) >= 11 is 0. The molecule has 0 heterocycles. The van der Waals surface area contributed by atoms with Crippen LogP contribution >= 0.6 is 0 Å². The summed E-state index contributed by atoms with van der Waals surface area (Å²) in [7, 11) is 0. The highest BCUT2D eigenvalue weighted by Gasteiger charge is 2.14. The molecule has 2 aromatic carbocycles. The van der Waals surface area contributed by atoms with Crippen molar-refractivity contribution in [2.45, 2.75) is 27.7 Å². The van der Waals surface area contributed by atoms with Gasteiger partial charge in [0.2, 0.25) is 0 Å². The summed E-state index contributed by atoms with van der Waals surface area (Å²) < 4.78 is 26.8. The van der Waals surface area contributed by atoms with Crippen LogP contribution in [-0.4, -0.2) is 5.78 Å². The zero-order valence-electron chi connectivity index (χ0n) is 14.0. The second-order valence-corrected chi connectivity index (χ2v) is 5.74. The van der Waals surface area contributed by atoms with E-state index in [9.17, 15) is 18.8 Å². The van der Waals surface area contributed by atoms with E-state index in [1.165, 1.54) is 13.0 Å². The van der Waals surface area contributed by atoms with E-state index in [1.54, 1.807) is 19.1 Å². The highest BCUT2D eigenvalue weighted by molar-refractivity contribution is 6.00. The number of benzene rings is 2. The number of allylic oxidation sites excluding steroid dienone is 2. The Balaban J connectivity index is 2.77. The number of rotatable bonds is 3. The minimum Gasteiger partial charge on any atom is -0.295 e. The first-order valence-electron chi connectivity index (χ1n) is 7.45. The number of Topliss-reactive ketones (excluding diaryl/α,β-unsaturated/α-hetero) is 1. The lowest BCUT2D eigenvalue weighted by Crippen LogP contribution is -1.99. The average Bonchev–Trinajstić information content (AvgIpc) is 2.56. The molecule has 2 aromatic rings. The molecule has 0 spiro atoms. The smallest absolute Gasteiger partial charge is 0.159 e. The van der Waals surface area contributed by atoms with Gasteiger partial charge in [-0.25, -0.2) is 8.78 Å². The van der Waals surface area contributed by atoms with Gasteiger partial charge < -0.3 is 0 Å². The van der Waals surface area contributed by atoms with Crippen LogP contribution in [0, 0.1) is 29.9 Å². The number of carbonyl (C=O) groups is 1. The van der Waals surface area contributed by atoms with Gasteiger partial charge in [0, 0.05) is 0 Å². The lowest BCUT2D eigenvalue weighted by molar-refractivity contribution is -0.113. The first-order valence-corrected chi connectivity index (χ1v) is 7.45. The number of halogens is 2. The molecule has 0 saturated carbocycles. The van der Waals surface area contributed by atoms with Gasteiger partial charge in [-0.15, -0.1) is 0 Å². The molecule has 0 unspecified atom stereocenters. The van der Waals surface area contributed by atoms with Crippen molar-refractivity contribution in [2.24, 2.45) is 0 Å². The lowest BCUT2D eigenvalue weighted by Gasteiger charge is -2.15. The Morgan fingerprint density at radius 1 is 1.04 bits per heavy atom. The van der Waals surface area contributed by atoms with E-state index < -0.39 is 11.6 Å². The molecule has 24 heavy (non-hydrogen) atoms. The SMILES string of the molecule is CC(=O)/C(C)=C(\C)c1cc(C#N)cc(-c2ccc(F)c(F)c2)c1C. The summed E-state index contributed by atoms with van der Waals surface area (Å²) in [4.78, 5) is 11.6. The van der Waals surface area contributed by atoms with Crippen molar-refractivity contribution >= 4 is 11.4 Å². The van der Waals surface area contributed by atoms with Gasteiger partial charge in [-0.1, -0.05) is 6.07 Å². The molecule has 0 fully saturated rings. The van der Waals surface area contributed by atoms with Crippen molar-refractivity contribution in [3.63, 3.8) is 0 Å². The monoisotopic (exact) mass is 325 g/mol. The molecular weight excluding hydrogens is 308 g/mol. The fraction of sp³-hybridized carbons (Fsp3) is 0.200. The molecule has 0 N–H and O–H groups in total. The van der Waals surface area contributed by atoms with Gasteiger partial charge in [0.25, 0.3) is 0 Å². The second kappa shape index (κ2) is 6.76. The number of carbonyl (C=O) groups excluding carboxylic acids is 1. The van der Waals surface area contributed by atoms with Crippen LogP contribution in [0.1, 0.15) is 37.5 Å². The van der Waals surface area contributed by atoms with Gasteiger partial charge in [-0.05, 0) is 85.4 Å². The van der Waals surface area contributed by atoms with Crippen LogP contribution in [0.3, 0.4) is 0 Å². The van der Waals surface area contributed by atoms with Crippen molar-refractivity contribution in [1.82, 2.24) is 0 Å². The largest absolute Gasteiger partial charge is 0.295 e. The Bertz CT molecular complexity index is 905. The fourth-order valence-electron chi connectivity index (χ4n) is 2.60. The highest BCUT2D eigenvalue weighted by Crippen LogP contribution is 2.32. The van der Waals surface area contributed by atoms with Crippen molar-refractivity contribution in [1.29, 1.82) is 5.26 Å². The number of nitrogens with zero attached hydrogens (tertiary/aromatic N) is 1. The highest BCUT2D eigenvalue weighted by atomic mass is 19.2. The molecule has 0 aliphatic heterocycles. The van der Waals surface area contributed by atoms with Crippen molar-refractivity contribution < 1.29 is 13.6 Å². The van der Waals surface area contributed by atoms with Crippen LogP contribution in [0.2, 0.25) is 0 Å². The molecule has 122 valence electrons. The molecule has 0 radical (unpaired) electrons. The van der Waals surface area contributed by atoms with Gasteiger partial charge in [0.05, 0.1) is 11.6 Å². The molecular formula is C20H17F2NO. The summed E-state index contributed by atoms with van der Waals surface area (Å²) in [5.41, 5.74) is 4.44. The topological polar surface area (TPSA) is 40.9 Å². The molecule has 0 aromatic heterocycles. The van der Waals surface area contributed by atoms with Gasteiger partial charge in [0.1, 0.15) is 0 Å². The van der Waals surface area contributed by atoms with E-state index in [2.05, 4.69) is 6.07 Å². The van der Waals surface area contributed by atoms with Gasteiger partial charge in [0.15, 0.2) is 17.4 Å². The van der Waals surface area contributed by atoms with E-state index in [0.29, 0.717) is 22.3 Å². The van der Waals surface area contributed by atoms with E-state index in [0.717, 1.165) is 28.8 Å². The third-order valence-electron chi connectivity index (χ3n) is 4.26. The quantitative estimate of drug-likeness (QED) is 0.728. The first-order chi connectivity index (χ1) is 11.3. The maximum atomic E-state index is 13.6. The zero-order chi connectivity index (χ0) is 18.0. The van der Waals surface area contributed by atoms with E-state index in [4.69, 9.17) is 0 Å². The number of nitriles is 1. The van der Waals surface area contributed by atoms with Crippen LogP contribution in [0.25, 0.3) is 16.7 Å². The second-order valence-electron chi connectivity index (χ2n) is 5.74. The average molecular weight is 325 g/mol. The minimum absolute atomic E-state index is 0.0522. The minimum atomic E-state index is -0.942. The predicted molar refractivity (Wildman–Crippen MR) is 90.2 cm³/mol.